The van der Waals surface area contributed by atoms with Gasteiger partial charge in [0.1, 0.15) is 0 Å². The Morgan fingerprint density at radius 3 is 2.29 bits per heavy atom. The monoisotopic (exact) mass is 488 g/mol. The van der Waals surface area contributed by atoms with Crippen molar-refractivity contribution in [2.24, 2.45) is 0 Å². The molecule has 5 rings (SSSR count). The van der Waals surface area contributed by atoms with E-state index in [4.69, 9.17) is 0 Å². The summed E-state index contributed by atoms with van der Waals surface area (Å²) >= 11 is 0. The number of nitrogens with zero attached hydrogens (tertiary/aromatic N) is 3. The number of hydrogen-bond donors (Lipinski definition) is 1. The number of anilines is 1. The van der Waals surface area contributed by atoms with Crippen molar-refractivity contribution in [1.82, 2.24) is 9.78 Å². The summed E-state index contributed by atoms with van der Waals surface area (Å²) in [6.07, 6.45) is 2.64. The Hall–Kier alpha value is -4.31. The minimum atomic E-state index is -3.91. The van der Waals surface area contributed by atoms with Crippen molar-refractivity contribution >= 4 is 27.2 Å². The van der Waals surface area contributed by atoms with Gasteiger partial charge in [0.15, 0.2) is 5.78 Å². The van der Waals surface area contributed by atoms with Crippen molar-refractivity contribution < 1.29 is 18.1 Å². The summed E-state index contributed by atoms with van der Waals surface area (Å²) in [5.41, 5.74) is 3.21. The van der Waals surface area contributed by atoms with Crippen LogP contribution in [0.1, 0.15) is 34.0 Å². The van der Waals surface area contributed by atoms with E-state index in [-0.39, 0.29) is 28.0 Å². The van der Waals surface area contributed by atoms with E-state index in [1.54, 1.807) is 23.0 Å². The number of Topliss-reactive ketones (excluding diaryl/α,β-unsaturated/α-hetero) is 1. The molecule has 10 heteroatoms. The second-order valence-electron chi connectivity index (χ2n) is 8.26. The Kier molecular flexibility index (Phi) is 5.65. The van der Waals surface area contributed by atoms with Gasteiger partial charge in [-0.1, -0.05) is 30.3 Å². The van der Waals surface area contributed by atoms with Crippen LogP contribution < -0.4 is 4.72 Å². The van der Waals surface area contributed by atoms with Crippen LogP contribution in [0.2, 0.25) is 0 Å². The Labute approximate surface area is 201 Å². The predicted octanol–water partition coefficient (Wildman–Crippen LogP) is 4.49. The van der Waals surface area contributed by atoms with Gasteiger partial charge in [0.25, 0.3) is 15.7 Å². The second kappa shape index (κ2) is 8.80. The van der Waals surface area contributed by atoms with Gasteiger partial charge in [-0.2, -0.15) is 5.10 Å². The van der Waals surface area contributed by atoms with Gasteiger partial charge in [0.2, 0.25) is 0 Å². The van der Waals surface area contributed by atoms with Crippen LogP contribution in [0, 0.1) is 10.1 Å². The molecule has 0 bridgehead atoms. The summed E-state index contributed by atoms with van der Waals surface area (Å²) in [6, 6.07) is 21.2. The SMILES string of the molecule is O=C1CC(c2ccccc2)Cc2c1cnn2-c1ccc(S(=O)(=O)Nc2ccc([N+](=O)[O-])cc2)cc1. The maximum absolute atomic E-state index is 12.8. The summed E-state index contributed by atoms with van der Waals surface area (Å²) in [5, 5.41) is 15.2. The fourth-order valence-electron chi connectivity index (χ4n) is 4.26. The molecule has 1 heterocycles. The van der Waals surface area contributed by atoms with Crippen molar-refractivity contribution in [2.45, 2.75) is 23.7 Å². The molecule has 1 aliphatic rings. The number of benzene rings is 3. The van der Waals surface area contributed by atoms with E-state index < -0.39 is 14.9 Å². The summed E-state index contributed by atoms with van der Waals surface area (Å²) < 4.78 is 29.7. The topological polar surface area (TPSA) is 124 Å². The van der Waals surface area contributed by atoms with Gasteiger partial charge >= 0.3 is 0 Å². The van der Waals surface area contributed by atoms with Crippen LogP contribution in [0.4, 0.5) is 11.4 Å². The van der Waals surface area contributed by atoms with E-state index in [1.807, 2.05) is 30.3 Å². The lowest BCUT2D eigenvalue weighted by atomic mass is 9.82. The molecular weight excluding hydrogens is 468 g/mol. The zero-order chi connectivity index (χ0) is 24.6. The largest absolute Gasteiger partial charge is 0.294 e. The van der Waals surface area contributed by atoms with Crippen molar-refractivity contribution in [3.05, 3.63) is 112 Å². The normalized spacial score (nSPS) is 15.4. The van der Waals surface area contributed by atoms with Crippen molar-refractivity contribution in [3.63, 3.8) is 0 Å². The highest BCUT2D eigenvalue weighted by atomic mass is 32.2. The number of hydrogen-bond acceptors (Lipinski definition) is 6. The van der Waals surface area contributed by atoms with E-state index in [1.165, 1.54) is 36.4 Å². The minimum absolute atomic E-state index is 0.0267. The Bertz CT molecular complexity index is 1510. The molecule has 1 N–H and O–H groups in total. The molecule has 1 aromatic heterocycles. The van der Waals surface area contributed by atoms with E-state index >= 15 is 0 Å². The number of nitro benzene ring substituents is 1. The third-order valence-electron chi connectivity index (χ3n) is 6.03. The molecule has 0 fully saturated rings. The molecule has 35 heavy (non-hydrogen) atoms. The summed E-state index contributed by atoms with van der Waals surface area (Å²) in [4.78, 5) is 23.0. The average Bonchev–Trinajstić information content (AvgIpc) is 3.29. The van der Waals surface area contributed by atoms with Gasteiger partial charge in [-0.05, 0) is 54.3 Å². The first-order valence-corrected chi connectivity index (χ1v) is 12.3. The summed E-state index contributed by atoms with van der Waals surface area (Å²) in [5.74, 6) is 0.0926. The molecule has 0 radical (unpaired) electrons. The molecule has 0 aliphatic heterocycles. The van der Waals surface area contributed by atoms with Crippen LogP contribution >= 0.6 is 0 Å². The van der Waals surface area contributed by atoms with Gasteiger partial charge in [0.05, 0.1) is 33.0 Å². The Morgan fingerprint density at radius 2 is 1.63 bits per heavy atom. The van der Waals surface area contributed by atoms with Crippen molar-refractivity contribution in [2.75, 3.05) is 4.72 Å². The highest BCUT2D eigenvalue weighted by Gasteiger charge is 2.30. The number of ketones is 1. The number of sulfonamides is 1. The van der Waals surface area contributed by atoms with E-state index in [2.05, 4.69) is 9.82 Å². The molecule has 176 valence electrons. The van der Waals surface area contributed by atoms with Gasteiger partial charge in [-0.25, -0.2) is 13.1 Å². The molecular formula is C25H20N4O5S. The lowest BCUT2D eigenvalue weighted by molar-refractivity contribution is -0.384. The second-order valence-corrected chi connectivity index (χ2v) is 9.94. The number of carbonyl (C=O) groups is 1. The van der Waals surface area contributed by atoms with Gasteiger partial charge in [-0.3, -0.25) is 19.6 Å². The van der Waals surface area contributed by atoms with Gasteiger partial charge in [0, 0.05) is 24.2 Å². The van der Waals surface area contributed by atoms with Crippen LogP contribution in [-0.2, 0) is 16.4 Å². The fraction of sp³-hybridized carbons (Fsp3) is 0.120. The highest BCUT2D eigenvalue weighted by Crippen LogP contribution is 2.33. The molecule has 0 saturated carbocycles. The number of fused-ring (bicyclic) bond motifs is 1. The van der Waals surface area contributed by atoms with E-state index in [0.717, 1.165) is 11.3 Å². The maximum Gasteiger partial charge on any atom is 0.269 e. The first kappa shape index (κ1) is 22.5. The van der Waals surface area contributed by atoms with Crippen LogP contribution in [-0.4, -0.2) is 28.9 Å². The quantitative estimate of drug-likeness (QED) is 0.315. The Balaban J connectivity index is 1.39. The maximum atomic E-state index is 12.8. The molecule has 4 aromatic rings. The number of non-ortho nitro benzene ring substituents is 1. The predicted molar refractivity (Wildman–Crippen MR) is 129 cm³/mol. The zero-order valence-electron chi connectivity index (χ0n) is 18.4. The minimum Gasteiger partial charge on any atom is -0.294 e. The molecule has 1 aliphatic carbocycles. The van der Waals surface area contributed by atoms with Crippen LogP contribution in [0.3, 0.4) is 0 Å². The van der Waals surface area contributed by atoms with Crippen LogP contribution in [0.5, 0.6) is 0 Å². The summed E-state index contributed by atoms with van der Waals surface area (Å²) in [6.45, 7) is 0. The third kappa shape index (κ3) is 4.43. The molecule has 0 amide bonds. The average molecular weight is 489 g/mol. The molecule has 1 unspecified atom stereocenters. The number of nitro groups is 1. The first-order valence-electron chi connectivity index (χ1n) is 10.8. The lowest BCUT2D eigenvalue weighted by Gasteiger charge is -2.23. The van der Waals surface area contributed by atoms with E-state index in [0.29, 0.717) is 24.1 Å². The lowest BCUT2D eigenvalue weighted by Crippen LogP contribution is -2.20. The zero-order valence-corrected chi connectivity index (χ0v) is 19.2. The molecule has 0 saturated heterocycles. The van der Waals surface area contributed by atoms with Gasteiger partial charge in [-0.15, -0.1) is 0 Å². The number of carbonyl (C=O) groups excluding carboxylic acids is 1. The smallest absolute Gasteiger partial charge is 0.269 e. The number of rotatable bonds is 6. The fourth-order valence-corrected chi connectivity index (χ4v) is 5.32. The van der Waals surface area contributed by atoms with Crippen LogP contribution in [0.15, 0.2) is 90.0 Å². The standard InChI is InChI=1S/C25H20N4O5S/c30-25-15-18(17-4-2-1-3-5-17)14-24-23(25)16-26-28(24)20-10-12-22(13-11-20)35(33,34)27-19-6-8-21(9-7-19)29(31)32/h1-13,16,18,27H,14-15H2. The first-order chi connectivity index (χ1) is 16.8. The highest BCUT2D eigenvalue weighted by molar-refractivity contribution is 7.92. The van der Waals surface area contributed by atoms with E-state index in [9.17, 15) is 23.3 Å². The number of nitrogens with one attached hydrogen (secondary N) is 1. The Morgan fingerprint density at radius 1 is 0.943 bits per heavy atom. The summed E-state index contributed by atoms with van der Waals surface area (Å²) in [7, 11) is -3.91. The third-order valence-corrected chi connectivity index (χ3v) is 7.43. The molecule has 9 nitrogen and oxygen atoms in total. The number of aromatic nitrogens is 2. The molecule has 0 spiro atoms. The van der Waals surface area contributed by atoms with Crippen molar-refractivity contribution in [1.29, 1.82) is 0 Å². The molecule has 1 atom stereocenters. The van der Waals surface area contributed by atoms with Crippen LogP contribution in [0.25, 0.3) is 5.69 Å². The van der Waals surface area contributed by atoms with Gasteiger partial charge < -0.3 is 0 Å². The van der Waals surface area contributed by atoms with Crippen molar-refractivity contribution in [3.8, 4) is 5.69 Å². The molecule has 3 aromatic carbocycles.